The van der Waals surface area contributed by atoms with Crippen LogP contribution in [0.1, 0.15) is 123 Å². The molecule has 0 amide bonds. The van der Waals surface area contributed by atoms with Crippen LogP contribution in [-0.4, -0.2) is 16.1 Å². The Balaban J connectivity index is 1.69. The Bertz CT molecular complexity index is 939. The second kappa shape index (κ2) is 11.6. The van der Waals surface area contributed by atoms with Gasteiger partial charge in [-0.05, 0) is 18.8 Å². The van der Waals surface area contributed by atoms with E-state index >= 15 is 0 Å². The molecule has 32 heavy (non-hydrogen) atoms. The molecule has 174 valence electrons. The zero-order chi connectivity index (χ0) is 23.1. The largest absolute Gasteiger partial charge is 0.284 e. The molecule has 4 nitrogen and oxygen atoms in total. The van der Waals surface area contributed by atoms with Gasteiger partial charge in [-0.25, -0.2) is 9.13 Å². The molecule has 0 aliphatic heterocycles. The third kappa shape index (κ3) is 5.39. The van der Waals surface area contributed by atoms with Crippen LogP contribution >= 0.6 is 0 Å². The van der Waals surface area contributed by atoms with E-state index in [-0.39, 0.29) is 11.6 Å². The van der Waals surface area contributed by atoms with Gasteiger partial charge in [-0.3, -0.25) is 9.59 Å². The summed E-state index contributed by atoms with van der Waals surface area (Å²) >= 11 is 0. The summed E-state index contributed by atoms with van der Waals surface area (Å²) in [4.78, 5) is 26.8. The van der Waals surface area contributed by atoms with Crippen molar-refractivity contribution in [2.24, 2.45) is 5.92 Å². The van der Waals surface area contributed by atoms with Gasteiger partial charge in [-0.2, -0.15) is 0 Å². The third-order valence-electron chi connectivity index (χ3n) is 6.67. The summed E-state index contributed by atoms with van der Waals surface area (Å²) in [5.41, 5.74) is 2.27. The Morgan fingerprint density at radius 1 is 0.812 bits per heavy atom. The zero-order valence-corrected chi connectivity index (χ0v) is 20.6. The molecule has 0 saturated carbocycles. The van der Waals surface area contributed by atoms with Crippen molar-refractivity contribution in [1.29, 1.82) is 0 Å². The molecule has 0 unspecified atom stereocenters. The number of carbonyl (C=O) groups excluding carboxylic acids is 2. The van der Waals surface area contributed by atoms with E-state index in [1.165, 1.54) is 57.8 Å². The molecule has 0 radical (unpaired) electrons. The fourth-order valence-electron chi connectivity index (χ4n) is 4.94. The van der Waals surface area contributed by atoms with Crippen molar-refractivity contribution in [2.45, 2.75) is 105 Å². The molecule has 0 N–H and O–H groups in total. The van der Waals surface area contributed by atoms with E-state index in [1.54, 1.807) is 12.1 Å². The first-order valence-corrected chi connectivity index (χ1v) is 12.8. The van der Waals surface area contributed by atoms with Crippen LogP contribution in [0.25, 0.3) is 0 Å². The van der Waals surface area contributed by atoms with E-state index in [9.17, 15) is 9.59 Å². The summed E-state index contributed by atoms with van der Waals surface area (Å²) < 4.78 is 4.21. The summed E-state index contributed by atoms with van der Waals surface area (Å²) in [7, 11) is 0. The van der Waals surface area contributed by atoms with E-state index in [0.29, 0.717) is 28.4 Å². The Hall–Kier alpha value is -2.23. The maximum atomic E-state index is 13.4. The van der Waals surface area contributed by atoms with Gasteiger partial charge >= 0.3 is 0 Å². The smallest absolute Gasteiger partial charge is 0.254 e. The average Bonchev–Trinajstić information content (AvgIpc) is 3.05. The van der Waals surface area contributed by atoms with Gasteiger partial charge in [0.25, 0.3) is 5.82 Å². The molecule has 0 atom stereocenters. The number of hydrogen-bond donors (Lipinski definition) is 0. The van der Waals surface area contributed by atoms with Gasteiger partial charge in [0.15, 0.2) is 0 Å². The highest BCUT2D eigenvalue weighted by atomic mass is 16.1. The lowest BCUT2D eigenvalue weighted by Gasteiger charge is -2.13. The third-order valence-corrected chi connectivity index (χ3v) is 6.67. The van der Waals surface area contributed by atoms with Crippen molar-refractivity contribution in [3.63, 3.8) is 0 Å². The van der Waals surface area contributed by atoms with Crippen LogP contribution in [-0.2, 0) is 13.1 Å². The predicted octanol–water partition coefficient (Wildman–Crippen LogP) is 6.44. The maximum absolute atomic E-state index is 13.4. The van der Waals surface area contributed by atoms with E-state index in [4.69, 9.17) is 0 Å². The van der Waals surface area contributed by atoms with Crippen LogP contribution in [0.15, 0.2) is 24.3 Å². The first-order valence-electron chi connectivity index (χ1n) is 12.8. The second-order valence-corrected chi connectivity index (χ2v) is 9.79. The molecule has 0 saturated heterocycles. The molecule has 1 aromatic carbocycles. The van der Waals surface area contributed by atoms with Crippen LogP contribution in [0, 0.1) is 12.8 Å². The van der Waals surface area contributed by atoms with Gasteiger partial charge in [0.2, 0.25) is 23.0 Å². The molecule has 4 heteroatoms. The van der Waals surface area contributed by atoms with Crippen molar-refractivity contribution in [3.8, 4) is 0 Å². The monoisotopic (exact) mass is 437 g/mol. The highest BCUT2D eigenvalue weighted by Gasteiger charge is 2.42. The van der Waals surface area contributed by atoms with Gasteiger partial charge < -0.3 is 0 Å². The summed E-state index contributed by atoms with van der Waals surface area (Å²) in [5, 5.41) is 0. The van der Waals surface area contributed by atoms with Crippen LogP contribution in [0.2, 0.25) is 0 Å². The van der Waals surface area contributed by atoms with Crippen molar-refractivity contribution in [3.05, 3.63) is 52.6 Å². The van der Waals surface area contributed by atoms with Crippen molar-refractivity contribution in [2.75, 3.05) is 0 Å². The molecule has 2 aromatic rings. The van der Waals surface area contributed by atoms with Crippen LogP contribution in [0.5, 0.6) is 0 Å². The summed E-state index contributed by atoms with van der Waals surface area (Å²) in [6, 6.07) is 7.26. The van der Waals surface area contributed by atoms with Gasteiger partial charge in [0, 0.05) is 18.1 Å². The standard InChI is InChI=1S/C28H41N2O2/c1-5-6-7-8-9-10-11-12-13-16-19-29-22(4)30(20-21(2)3)26-25(29)27(31)23-17-14-15-18-24(23)28(26)32/h14-15,17-18,21H,5-13,16,19-20H2,1-4H3/q+1. The summed E-state index contributed by atoms with van der Waals surface area (Å²) in [6.07, 6.45) is 12.9. The number of aromatic nitrogens is 2. The van der Waals surface area contributed by atoms with Gasteiger partial charge in [0.1, 0.15) is 0 Å². The normalized spacial score (nSPS) is 13.0. The molecular formula is C28H41N2O2+. The molecule has 1 aromatic heterocycles. The number of nitrogens with zero attached hydrogens (tertiary/aromatic N) is 2. The molecule has 3 rings (SSSR count). The van der Waals surface area contributed by atoms with E-state index in [2.05, 4.69) is 36.8 Å². The number of fused-ring (bicyclic) bond motifs is 2. The quantitative estimate of drug-likeness (QED) is 0.228. The molecule has 0 fully saturated rings. The van der Waals surface area contributed by atoms with Gasteiger partial charge in [0.05, 0.1) is 13.1 Å². The summed E-state index contributed by atoms with van der Waals surface area (Å²) in [6.45, 7) is 10.2. The Labute approximate surface area is 194 Å². The van der Waals surface area contributed by atoms with Crippen molar-refractivity contribution >= 4 is 11.6 Å². The Morgan fingerprint density at radius 2 is 1.34 bits per heavy atom. The zero-order valence-electron chi connectivity index (χ0n) is 20.6. The fourth-order valence-corrected chi connectivity index (χ4v) is 4.94. The number of carbonyl (C=O) groups is 2. The molecule has 0 spiro atoms. The highest BCUT2D eigenvalue weighted by molar-refractivity contribution is 6.26. The number of hydrogen-bond acceptors (Lipinski definition) is 2. The van der Waals surface area contributed by atoms with E-state index in [0.717, 1.165) is 25.3 Å². The lowest BCUT2D eigenvalue weighted by Crippen LogP contribution is -2.44. The minimum absolute atomic E-state index is 0.00659. The number of ketones is 2. The van der Waals surface area contributed by atoms with Crippen molar-refractivity contribution in [1.82, 2.24) is 4.57 Å². The van der Waals surface area contributed by atoms with E-state index in [1.807, 2.05) is 12.1 Å². The number of rotatable bonds is 13. The lowest BCUT2D eigenvalue weighted by atomic mass is 9.89. The van der Waals surface area contributed by atoms with Gasteiger partial charge in [-0.1, -0.05) is 96.4 Å². The number of unbranched alkanes of at least 4 members (excludes halogenated alkanes) is 9. The topological polar surface area (TPSA) is 43.0 Å². The number of benzene rings is 1. The lowest BCUT2D eigenvalue weighted by molar-refractivity contribution is -0.709. The van der Waals surface area contributed by atoms with E-state index < -0.39 is 0 Å². The first kappa shape index (κ1) is 24.4. The van der Waals surface area contributed by atoms with Crippen LogP contribution in [0.3, 0.4) is 0 Å². The SMILES string of the molecule is CCCCCCCCCCCCn1c2c([n+](CC(C)C)c1C)C(=O)c1ccccc1C2=O. The van der Waals surface area contributed by atoms with Crippen molar-refractivity contribution < 1.29 is 14.2 Å². The Morgan fingerprint density at radius 3 is 1.91 bits per heavy atom. The molecule has 0 bridgehead atoms. The summed E-state index contributed by atoms with van der Waals surface area (Å²) in [5.74, 6) is 1.40. The molecule has 1 aliphatic rings. The van der Waals surface area contributed by atoms with Gasteiger partial charge in [-0.15, -0.1) is 0 Å². The van der Waals surface area contributed by atoms with Crippen LogP contribution in [0.4, 0.5) is 0 Å². The first-order chi connectivity index (χ1) is 15.5. The van der Waals surface area contributed by atoms with Crippen LogP contribution < -0.4 is 4.57 Å². The minimum Gasteiger partial charge on any atom is -0.284 e. The number of imidazole rings is 1. The second-order valence-electron chi connectivity index (χ2n) is 9.79. The maximum Gasteiger partial charge on any atom is 0.254 e. The highest BCUT2D eigenvalue weighted by Crippen LogP contribution is 2.27. The fraction of sp³-hybridized carbons (Fsp3) is 0.607. The molecular weight excluding hydrogens is 396 g/mol. The molecule has 1 aliphatic carbocycles. The average molecular weight is 438 g/mol. The minimum atomic E-state index is -0.0132. The molecule has 1 heterocycles. The Kier molecular flexibility index (Phi) is 8.84. The predicted molar refractivity (Wildman–Crippen MR) is 129 cm³/mol.